The van der Waals surface area contributed by atoms with Crippen molar-refractivity contribution in [3.05, 3.63) is 34.9 Å². The molecule has 1 aromatic rings. The standard InChI is InChI=1S/C17H25NO2/c1-12-4-5-16(10-13(12)2)17(20)11-18-8-6-15(7-9-18)14(3)19/h4-5,10,14-15,19H,6-9,11H2,1-3H3. The second-order valence-electron chi connectivity index (χ2n) is 6.08. The van der Waals surface area contributed by atoms with Crippen molar-refractivity contribution < 1.29 is 9.90 Å². The van der Waals surface area contributed by atoms with E-state index in [1.165, 1.54) is 11.1 Å². The van der Waals surface area contributed by atoms with Crippen LogP contribution >= 0.6 is 0 Å². The third-order valence-electron chi connectivity index (χ3n) is 4.51. The van der Waals surface area contributed by atoms with Crippen LogP contribution in [0.25, 0.3) is 0 Å². The van der Waals surface area contributed by atoms with Crippen LogP contribution in [0.1, 0.15) is 41.3 Å². The molecule has 0 aromatic heterocycles. The van der Waals surface area contributed by atoms with E-state index in [0.717, 1.165) is 31.5 Å². The van der Waals surface area contributed by atoms with E-state index in [-0.39, 0.29) is 11.9 Å². The fraction of sp³-hybridized carbons (Fsp3) is 0.588. The Morgan fingerprint density at radius 2 is 1.95 bits per heavy atom. The Bertz CT molecular complexity index is 474. The number of aryl methyl sites for hydroxylation is 2. The highest BCUT2D eigenvalue weighted by Crippen LogP contribution is 2.21. The molecular formula is C17H25NO2. The SMILES string of the molecule is Cc1ccc(C(=O)CN2CCC(C(C)O)CC2)cc1C. The van der Waals surface area contributed by atoms with Crippen molar-refractivity contribution >= 4 is 5.78 Å². The van der Waals surface area contributed by atoms with Gasteiger partial charge in [-0.25, -0.2) is 0 Å². The fourth-order valence-electron chi connectivity index (χ4n) is 2.80. The zero-order chi connectivity index (χ0) is 14.7. The lowest BCUT2D eigenvalue weighted by molar-refractivity contribution is 0.0664. The number of nitrogens with zero attached hydrogens (tertiary/aromatic N) is 1. The van der Waals surface area contributed by atoms with Gasteiger partial charge in [0.15, 0.2) is 5.78 Å². The molecule has 1 saturated heterocycles. The molecule has 1 atom stereocenters. The molecular weight excluding hydrogens is 250 g/mol. The van der Waals surface area contributed by atoms with Crippen LogP contribution in [-0.2, 0) is 0 Å². The molecule has 20 heavy (non-hydrogen) atoms. The van der Waals surface area contributed by atoms with Crippen LogP contribution < -0.4 is 0 Å². The van der Waals surface area contributed by atoms with Crippen molar-refractivity contribution in [2.75, 3.05) is 19.6 Å². The van der Waals surface area contributed by atoms with Gasteiger partial charge in [0, 0.05) is 5.56 Å². The average molecular weight is 275 g/mol. The number of aliphatic hydroxyl groups excluding tert-OH is 1. The van der Waals surface area contributed by atoms with Gasteiger partial charge in [-0.3, -0.25) is 9.69 Å². The van der Waals surface area contributed by atoms with Crippen molar-refractivity contribution in [2.45, 2.75) is 39.7 Å². The van der Waals surface area contributed by atoms with Crippen LogP contribution in [0.15, 0.2) is 18.2 Å². The number of rotatable bonds is 4. The summed E-state index contributed by atoms with van der Waals surface area (Å²) in [6.45, 7) is 8.28. The molecule has 0 bridgehead atoms. The molecule has 2 rings (SSSR count). The lowest BCUT2D eigenvalue weighted by Gasteiger charge is -2.32. The van der Waals surface area contributed by atoms with E-state index in [0.29, 0.717) is 12.5 Å². The summed E-state index contributed by atoms with van der Waals surface area (Å²) in [7, 11) is 0. The van der Waals surface area contributed by atoms with Gasteiger partial charge in [0.25, 0.3) is 0 Å². The van der Waals surface area contributed by atoms with Crippen LogP contribution in [0.2, 0.25) is 0 Å². The summed E-state index contributed by atoms with van der Waals surface area (Å²) in [6.07, 6.45) is 1.74. The van der Waals surface area contributed by atoms with Gasteiger partial charge in [-0.05, 0) is 69.8 Å². The second-order valence-corrected chi connectivity index (χ2v) is 6.08. The summed E-state index contributed by atoms with van der Waals surface area (Å²) in [4.78, 5) is 14.5. The van der Waals surface area contributed by atoms with Gasteiger partial charge in [0.05, 0.1) is 12.6 Å². The Balaban J connectivity index is 1.91. The molecule has 1 unspecified atom stereocenters. The largest absolute Gasteiger partial charge is 0.393 e. The summed E-state index contributed by atoms with van der Waals surface area (Å²) < 4.78 is 0. The third kappa shape index (κ3) is 3.68. The molecule has 1 aliphatic rings. The van der Waals surface area contributed by atoms with Crippen molar-refractivity contribution in [3.63, 3.8) is 0 Å². The zero-order valence-electron chi connectivity index (χ0n) is 12.7. The maximum Gasteiger partial charge on any atom is 0.176 e. The molecule has 1 aromatic carbocycles. The summed E-state index contributed by atoms with van der Waals surface area (Å²) in [6, 6.07) is 5.93. The molecule has 3 heteroatoms. The molecule has 0 saturated carbocycles. The summed E-state index contributed by atoms with van der Waals surface area (Å²) in [5.41, 5.74) is 3.20. The van der Waals surface area contributed by atoms with Gasteiger partial charge in [-0.2, -0.15) is 0 Å². The molecule has 0 amide bonds. The predicted molar refractivity (Wildman–Crippen MR) is 81.1 cm³/mol. The molecule has 0 radical (unpaired) electrons. The molecule has 0 aliphatic carbocycles. The fourth-order valence-corrected chi connectivity index (χ4v) is 2.80. The molecule has 1 N–H and O–H groups in total. The number of hydrogen-bond acceptors (Lipinski definition) is 3. The number of ketones is 1. The Labute approximate surface area is 121 Å². The van der Waals surface area contributed by atoms with Crippen LogP contribution in [-0.4, -0.2) is 41.5 Å². The highest BCUT2D eigenvalue weighted by molar-refractivity contribution is 5.97. The highest BCUT2D eigenvalue weighted by Gasteiger charge is 2.23. The summed E-state index contributed by atoms with van der Waals surface area (Å²) in [5, 5.41) is 9.59. The number of carbonyl (C=O) groups excluding carboxylic acids is 1. The number of benzene rings is 1. The Morgan fingerprint density at radius 1 is 1.30 bits per heavy atom. The first-order chi connectivity index (χ1) is 9.47. The quantitative estimate of drug-likeness (QED) is 0.859. The number of Topliss-reactive ketones (excluding diaryl/α,β-unsaturated/α-hetero) is 1. The van der Waals surface area contributed by atoms with Gasteiger partial charge < -0.3 is 5.11 Å². The molecule has 3 nitrogen and oxygen atoms in total. The lowest BCUT2D eigenvalue weighted by Crippen LogP contribution is -2.39. The average Bonchev–Trinajstić information content (AvgIpc) is 2.42. The monoisotopic (exact) mass is 275 g/mol. The van der Waals surface area contributed by atoms with Gasteiger partial charge in [-0.15, -0.1) is 0 Å². The first-order valence-electron chi connectivity index (χ1n) is 7.48. The lowest BCUT2D eigenvalue weighted by atomic mass is 9.92. The van der Waals surface area contributed by atoms with E-state index in [9.17, 15) is 9.90 Å². The summed E-state index contributed by atoms with van der Waals surface area (Å²) >= 11 is 0. The topological polar surface area (TPSA) is 40.5 Å². The number of piperidine rings is 1. The molecule has 1 heterocycles. The Kier molecular flexibility index (Phi) is 4.95. The number of carbonyl (C=O) groups is 1. The first-order valence-corrected chi connectivity index (χ1v) is 7.48. The highest BCUT2D eigenvalue weighted by atomic mass is 16.3. The normalized spacial score (nSPS) is 19.0. The van der Waals surface area contributed by atoms with E-state index in [2.05, 4.69) is 11.8 Å². The molecule has 0 spiro atoms. The van der Waals surface area contributed by atoms with Crippen LogP contribution in [0.4, 0.5) is 0 Å². The van der Waals surface area contributed by atoms with Gasteiger partial charge in [0.2, 0.25) is 0 Å². The van der Waals surface area contributed by atoms with Crippen LogP contribution in [0.5, 0.6) is 0 Å². The summed E-state index contributed by atoms with van der Waals surface area (Å²) in [5.74, 6) is 0.589. The molecule has 110 valence electrons. The molecule has 1 fully saturated rings. The van der Waals surface area contributed by atoms with Gasteiger partial charge >= 0.3 is 0 Å². The van der Waals surface area contributed by atoms with E-state index in [1.54, 1.807) is 0 Å². The van der Waals surface area contributed by atoms with E-state index in [4.69, 9.17) is 0 Å². The van der Waals surface area contributed by atoms with Crippen LogP contribution in [0.3, 0.4) is 0 Å². The number of likely N-dealkylation sites (tertiary alicyclic amines) is 1. The van der Waals surface area contributed by atoms with Gasteiger partial charge in [-0.1, -0.05) is 12.1 Å². The Hall–Kier alpha value is -1.19. The maximum absolute atomic E-state index is 12.3. The minimum Gasteiger partial charge on any atom is -0.393 e. The third-order valence-corrected chi connectivity index (χ3v) is 4.51. The number of aliphatic hydroxyl groups is 1. The van der Waals surface area contributed by atoms with Gasteiger partial charge in [0.1, 0.15) is 0 Å². The van der Waals surface area contributed by atoms with Crippen LogP contribution in [0, 0.1) is 19.8 Å². The minimum absolute atomic E-state index is 0.198. The Morgan fingerprint density at radius 3 is 2.50 bits per heavy atom. The second kappa shape index (κ2) is 6.51. The smallest absolute Gasteiger partial charge is 0.176 e. The van der Waals surface area contributed by atoms with Crippen molar-refractivity contribution in [3.8, 4) is 0 Å². The van der Waals surface area contributed by atoms with E-state index >= 15 is 0 Å². The molecule has 1 aliphatic heterocycles. The van der Waals surface area contributed by atoms with Crippen molar-refractivity contribution in [2.24, 2.45) is 5.92 Å². The van der Waals surface area contributed by atoms with E-state index < -0.39 is 0 Å². The first kappa shape index (κ1) is 15.2. The zero-order valence-corrected chi connectivity index (χ0v) is 12.7. The van der Waals surface area contributed by atoms with Crippen molar-refractivity contribution in [1.82, 2.24) is 4.90 Å². The maximum atomic E-state index is 12.3. The van der Waals surface area contributed by atoms with E-state index in [1.807, 2.05) is 32.0 Å². The van der Waals surface area contributed by atoms with Crippen molar-refractivity contribution in [1.29, 1.82) is 0 Å². The number of hydrogen-bond donors (Lipinski definition) is 1. The minimum atomic E-state index is -0.229. The predicted octanol–water partition coefficient (Wildman–Crippen LogP) is 2.58.